The Morgan fingerprint density at radius 1 is 1.04 bits per heavy atom. The number of hydrogen-bond donors (Lipinski definition) is 3. The van der Waals surface area contributed by atoms with Crippen molar-refractivity contribution >= 4 is 46.5 Å². The van der Waals surface area contributed by atoms with E-state index in [2.05, 4.69) is 10.2 Å². The molecule has 0 amide bonds. The van der Waals surface area contributed by atoms with Gasteiger partial charge in [0.15, 0.2) is 11.5 Å². The number of ether oxygens (including phenoxy) is 3. The van der Waals surface area contributed by atoms with E-state index in [1.165, 1.54) is 26.6 Å². The second kappa shape index (κ2) is 15.4. The first-order valence-corrected chi connectivity index (χ1v) is 16.5. The van der Waals surface area contributed by atoms with Crippen LogP contribution in [0.2, 0.25) is 10.0 Å². The van der Waals surface area contributed by atoms with Crippen LogP contribution >= 0.6 is 34.5 Å². The number of likely N-dealkylation sites (tertiary alicyclic amines) is 1. The van der Waals surface area contributed by atoms with Gasteiger partial charge in [0, 0.05) is 33.7 Å². The smallest absolute Gasteiger partial charge is 0.346 e. The first kappa shape index (κ1) is 34.5. The highest BCUT2D eigenvalue weighted by atomic mass is 35.5. The number of thiophene rings is 1. The van der Waals surface area contributed by atoms with E-state index < -0.39 is 23.9 Å². The molecule has 3 heterocycles. The molecule has 47 heavy (non-hydrogen) atoms. The summed E-state index contributed by atoms with van der Waals surface area (Å²) in [7, 11) is 5.06. The number of rotatable bonds is 14. The third kappa shape index (κ3) is 7.99. The lowest BCUT2D eigenvalue weighted by Crippen LogP contribution is -2.48. The molecule has 1 fully saturated rings. The molecular weight excluding hydrogens is 665 g/mol. The Hall–Kier alpha value is -3.87. The summed E-state index contributed by atoms with van der Waals surface area (Å²) in [4.78, 5) is 29.0. The second-order valence-electron chi connectivity index (χ2n) is 11.3. The van der Waals surface area contributed by atoms with Gasteiger partial charge in [-0.15, -0.1) is 11.3 Å². The zero-order valence-corrected chi connectivity index (χ0v) is 28.4. The van der Waals surface area contributed by atoms with Crippen molar-refractivity contribution in [2.45, 2.75) is 37.4 Å². The van der Waals surface area contributed by atoms with Gasteiger partial charge in [-0.2, -0.15) is 0 Å². The average Bonchev–Trinajstić information content (AvgIpc) is 3.48. The number of aromatic carboxylic acids is 1. The van der Waals surface area contributed by atoms with Crippen molar-refractivity contribution in [3.05, 3.63) is 109 Å². The number of hydrogen-bond acceptors (Lipinski definition) is 9. The van der Waals surface area contributed by atoms with Crippen LogP contribution in [0, 0.1) is 0 Å². The predicted octanol–water partition coefficient (Wildman–Crippen LogP) is 5.75. The first-order chi connectivity index (χ1) is 22.6. The third-order valence-electron chi connectivity index (χ3n) is 8.37. The number of nitrogens with zero attached hydrogens (tertiary/aromatic N) is 2. The number of benzene rings is 2. The number of carbonyl (C=O) groups is 2. The number of methoxy groups -OCH3 is 2. The first-order valence-electron chi connectivity index (χ1n) is 14.9. The van der Waals surface area contributed by atoms with Crippen LogP contribution in [0.3, 0.4) is 0 Å². The zero-order chi connectivity index (χ0) is 33.7. The van der Waals surface area contributed by atoms with Gasteiger partial charge in [0.05, 0.1) is 14.2 Å². The molecule has 5 rings (SSSR count). The molecule has 0 saturated carbocycles. The summed E-state index contributed by atoms with van der Waals surface area (Å²) in [5.74, 6) is -1.04. The van der Waals surface area contributed by atoms with Gasteiger partial charge in [-0.05, 0) is 61.3 Å². The lowest BCUT2D eigenvalue weighted by atomic mass is 9.85. The number of likely N-dealkylation sites (N-methyl/N-ethyl adjacent to an activating group) is 1. The molecule has 2 aromatic carbocycles. The van der Waals surface area contributed by atoms with Crippen LogP contribution in [0.25, 0.3) is 0 Å². The number of aromatic nitrogens is 1. The maximum atomic E-state index is 13.3. The van der Waals surface area contributed by atoms with E-state index in [4.69, 9.17) is 37.4 Å². The lowest BCUT2D eigenvalue weighted by molar-refractivity contribution is -0.904. The van der Waals surface area contributed by atoms with Crippen LogP contribution < -0.4 is 19.5 Å². The van der Waals surface area contributed by atoms with Crippen molar-refractivity contribution in [3.8, 4) is 11.5 Å². The fourth-order valence-electron chi connectivity index (χ4n) is 5.61. The molecule has 1 aliphatic heterocycles. The van der Waals surface area contributed by atoms with Gasteiger partial charge in [0.1, 0.15) is 27.6 Å². The highest BCUT2D eigenvalue weighted by Gasteiger charge is 2.30. The molecule has 1 aliphatic rings. The Morgan fingerprint density at radius 2 is 1.74 bits per heavy atom. The Balaban J connectivity index is 1.49. The minimum Gasteiger partial charge on any atom is -0.493 e. The molecule has 10 nitrogen and oxygen atoms in total. The predicted molar refractivity (Wildman–Crippen MR) is 178 cm³/mol. The van der Waals surface area contributed by atoms with Crippen LogP contribution in [-0.2, 0) is 22.5 Å². The van der Waals surface area contributed by atoms with E-state index in [1.54, 1.807) is 12.1 Å². The van der Waals surface area contributed by atoms with Gasteiger partial charge in [-0.25, -0.2) is 9.59 Å². The van der Waals surface area contributed by atoms with E-state index in [0.717, 1.165) is 40.2 Å². The van der Waals surface area contributed by atoms with Crippen LogP contribution in [-0.4, -0.2) is 67.6 Å². The Kier molecular flexibility index (Phi) is 11.3. The standard InChI is InChI=1S/C34H35Cl2N3O7S/c1-38-12-11-22(38)19-46-34(42)31(20-7-5-4-6-8-20)37-16-23-14-25(32(47-23)33(40)41)24(15-26-27(35)17-39(43)18-28(26)36)21-9-10-29(44-2)30(13-21)45-3/h4-10,13-14,17-18,22,24,31,37H,11-12,15-16,19H2,1-3H3,(H-,40,41,43)/p+1/t22-,24-,31?/m0/s1. The van der Waals surface area contributed by atoms with Gasteiger partial charge >= 0.3 is 11.9 Å². The summed E-state index contributed by atoms with van der Waals surface area (Å²) in [5, 5.41) is 24.1. The molecule has 248 valence electrons. The average molecular weight is 702 g/mol. The van der Waals surface area contributed by atoms with Crippen LogP contribution in [0.15, 0.2) is 67.0 Å². The fourth-order valence-corrected chi connectivity index (χ4v) is 7.23. The van der Waals surface area contributed by atoms with Crippen molar-refractivity contribution in [3.63, 3.8) is 0 Å². The minimum absolute atomic E-state index is 0.133. The largest absolute Gasteiger partial charge is 0.493 e. The second-order valence-corrected chi connectivity index (χ2v) is 13.2. The van der Waals surface area contributed by atoms with E-state index in [-0.39, 0.29) is 33.9 Å². The van der Waals surface area contributed by atoms with Crippen LogP contribution in [0.5, 0.6) is 11.5 Å². The number of carbonyl (C=O) groups excluding carboxylic acids is 1. The molecule has 3 N–H and O–H groups in total. The molecular formula is C34H36Cl2N3O7S+. The monoisotopic (exact) mass is 700 g/mol. The van der Waals surface area contributed by atoms with Crippen molar-refractivity contribution < 1.29 is 38.8 Å². The molecule has 1 unspecified atom stereocenters. The maximum absolute atomic E-state index is 13.3. The minimum atomic E-state index is -1.09. The Bertz CT molecular complexity index is 1710. The van der Waals surface area contributed by atoms with Crippen molar-refractivity contribution in [2.75, 3.05) is 34.4 Å². The Labute approximate surface area is 287 Å². The van der Waals surface area contributed by atoms with Crippen molar-refractivity contribution in [2.24, 2.45) is 0 Å². The summed E-state index contributed by atoms with van der Waals surface area (Å²) in [5.41, 5.74) is 2.55. The molecule has 1 saturated heterocycles. The Morgan fingerprint density at radius 3 is 2.34 bits per heavy atom. The summed E-state index contributed by atoms with van der Waals surface area (Å²) in [6, 6.07) is 16.0. The van der Waals surface area contributed by atoms with Gasteiger partial charge < -0.3 is 19.3 Å². The normalized spacial score (nSPS) is 15.8. The topological polar surface area (TPSA) is 121 Å². The van der Waals surface area contributed by atoms with Gasteiger partial charge in [0.2, 0.25) is 12.4 Å². The summed E-state index contributed by atoms with van der Waals surface area (Å²) < 4.78 is 17.5. The van der Waals surface area contributed by atoms with E-state index in [0.29, 0.717) is 34.1 Å². The maximum Gasteiger partial charge on any atom is 0.346 e. The van der Waals surface area contributed by atoms with Gasteiger partial charge in [-0.1, -0.05) is 59.6 Å². The summed E-state index contributed by atoms with van der Waals surface area (Å²) in [6.07, 6.45) is 3.83. The number of halogens is 2. The SMILES string of the molecule is COc1ccc([C@H](Cc2c(Cl)c[n+](O)cc2Cl)c2cc(CNC(C(=O)OC[C@@H]3CCN3C)c3ccccc3)sc2C(=O)O)cc1OC. The highest BCUT2D eigenvalue weighted by Crippen LogP contribution is 2.41. The van der Waals surface area contributed by atoms with E-state index in [1.807, 2.05) is 49.5 Å². The van der Waals surface area contributed by atoms with Crippen molar-refractivity contribution in [1.29, 1.82) is 0 Å². The summed E-state index contributed by atoms with van der Waals surface area (Å²) >= 11 is 14.2. The van der Waals surface area contributed by atoms with E-state index >= 15 is 0 Å². The molecule has 0 aliphatic carbocycles. The highest BCUT2D eigenvalue weighted by molar-refractivity contribution is 7.14. The molecule has 4 aromatic rings. The molecule has 0 spiro atoms. The zero-order valence-electron chi connectivity index (χ0n) is 26.1. The molecule has 13 heteroatoms. The lowest BCUT2D eigenvalue weighted by Gasteiger charge is -2.37. The number of nitrogens with one attached hydrogen (secondary N) is 1. The molecule has 2 aromatic heterocycles. The quantitative estimate of drug-likeness (QED) is 0.0858. The summed E-state index contributed by atoms with van der Waals surface area (Å²) in [6.45, 7) is 1.49. The van der Waals surface area contributed by atoms with Crippen LogP contribution in [0.4, 0.5) is 0 Å². The number of carboxylic acid groups (broad SMARTS) is 1. The molecule has 0 bridgehead atoms. The number of pyridine rings is 1. The number of esters is 1. The fraction of sp³-hybridized carbons (Fsp3) is 0.324. The van der Waals surface area contributed by atoms with Crippen LogP contribution in [0.1, 0.15) is 55.2 Å². The van der Waals surface area contributed by atoms with Crippen molar-refractivity contribution in [1.82, 2.24) is 10.2 Å². The van der Waals surface area contributed by atoms with Gasteiger partial charge in [0.25, 0.3) is 0 Å². The number of carboxylic acids is 1. The third-order valence-corrected chi connectivity index (χ3v) is 10.2. The molecule has 3 atom stereocenters. The molecule has 0 radical (unpaired) electrons. The van der Waals surface area contributed by atoms with E-state index in [9.17, 15) is 19.9 Å². The van der Waals surface area contributed by atoms with Gasteiger partial charge in [-0.3, -0.25) is 15.4 Å².